The second-order valence-corrected chi connectivity index (χ2v) is 8.50. The molecule has 0 aliphatic heterocycles. The van der Waals surface area contributed by atoms with E-state index in [4.69, 9.17) is 4.74 Å². The Labute approximate surface area is 132 Å². The highest BCUT2D eigenvalue weighted by atomic mass is 16.5. The fourth-order valence-electron chi connectivity index (χ4n) is 4.78. The largest absolute Gasteiger partial charge is 0.377 e. The summed E-state index contributed by atoms with van der Waals surface area (Å²) in [5, 5.41) is 3.84. The number of nitrogens with one attached hydrogen (secondary N) is 1. The highest BCUT2D eigenvalue weighted by Crippen LogP contribution is 2.46. The quantitative estimate of drug-likeness (QED) is 0.788. The maximum Gasteiger partial charge on any atom is 0.0834 e. The SMILES string of the molecule is CCNC(C1CCCC(C)C1)C1(OC)CCC(C)(C)CC1. The molecule has 2 rings (SSSR count). The molecule has 2 aliphatic carbocycles. The Morgan fingerprint density at radius 3 is 2.33 bits per heavy atom. The van der Waals surface area contributed by atoms with Crippen molar-refractivity contribution in [3.63, 3.8) is 0 Å². The van der Waals surface area contributed by atoms with E-state index in [0.717, 1.165) is 18.4 Å². The third-order valence-electron chi connectivity index (χ3n) is 6.30. The third kappa shape index (κ3) is 4.01. The first-order valence-electron chi connectivity index (χ1n) is 9.21. The van der Waals surface area contributed by atoms with E-state index in [1.165, 1.54) is 51.4 Å². The summed E-state index contributed by atoms with van der Waals surface area (Å²) in [6.45, 7) is 10.6. The topological polar surface area (TPSA) is 21.3 Å². The molecule has 3 atom stereocenters. The fraction of sp³-hybridized carbons (Fsp3) is 1.00. The zero-order chi connectivity index (χ0) is 15.5. The summed E-state index contributed by atoms with van der Waals surface area (Å²) in [7, 11) is 1.95. The minimum Gasteiger partial charge on any atom is -0.377 e. The summed E-state index contributed by atoms with van der Waals surface area (Å²) < 4.78 is 6.21. The zero-order valence-corrected chi connectivity index (χ0v) is 15.0. The second kappa shape index (κ2) is 7.00. The van der Waals surface area contributed by atoms with Crippen LogP contribution in [-0.2, 0) is 4.74 Å². The Hall–Kier alpha value is -0.0800. The molecule has 0 aromatic carbocycles. The Morgan fingerprint density at radius 1 is 1.14 bits per heavy atom. The first kappa shape index (κ1) is 17.3. The summed E-state index contributed by atoms with van der Waals surface area (Å²) in [5.41, 5.74) is 0.575. The van der Waals surface area contributed by atoms with E-state index in [-0.39, 0.29) is 5.60 Å². The molecule has 0 bridgehead atoms. The molecule has 0 aromatic rings. The van der Waals surface area contributed by atoms with E-state index >= 15 is 0 Å². The maximum absolute atomic E-state index is 6.21. The monoisotopic (exact) mass is 295 g/mol. The van der Waals surface area contributed by atoms with Gasteiger partial charge in [0, 0.05) is 13.2 Å². The first-order chi connectivity index (χ1) is 9.92. The number of ether oxygens (including phenoxy) is 1. The molecule has 124 valence electrons. The lowest BCUT2D eigenvalue weighted by molar-refractivity contribution is -0.103. The molecule has 0 heterocycles. The van der Waals surface area contributed by atoms with Crippen LogP contribution in [0.1, 0.15) is 79.1 Å². The normalized spacial score (nSPS) is 33.6. The van der Waals surface area contributed by atoms with Gasteiger partial charge in [0.25, 0.3) is 0 Å². The van der Waals surface area contributed by atoms with Crippen LogP contribution in [0, 0.1) is 17.3 Å². The highest BCUT2D eigenvalue weighted by Gasteiger charge is 2.47. The van der Waals surface area contributed by atoms with Crippen molar-refractivity contribution in [3.05, 3.63) is 0 Å². The molecule has 3 unspecified atom stereocenters. The molecule has 0 radical (unpaired) electrons. The summed E-state index contributed by atoms with van der Waals surface area (Å²) in [6.07, 6.45) is 10.6. The van der Waals surface area contributed by atoms with Gasteiger partial charge in [-0.15, -0.1) is 0 Å². The van der Waals surface area contributed by atoms with Gasteiger partial charge in [-0.2, -0.15) is 0 Å². The average Bonchev–Trinajstić information content (AvgIpc) is 2.46. The van der Waals surface area contributed by atoms with Crippen molar-refractivity contribution in [2.45, 2.75) is 90.7 Å². The minimum absolute atomic E-state index is 0.0766. The van der Waals surface area contributed by atoms with Gasteiger partial charge in [0.15, 0.2) is 0 Å². The van der Waals surface area contributed by atoms with Crippen LogP contribution in [0.15, 0.2) is 0 Å². The molecule has 2 saturated carbocycles. The average molecular weight is 296 g/mol. The van der Waals surface area contributed by atoms with Gasteiger partial charge in [-0.25, -0.2) is 0 Å². The smallest absolute Gasteiger partial charge is 0.0834 e. The van der Waals surface area contributed by atoms with Gasteiger partial charge in [-0.05, 0) is 62.3 Å². The number of likely N-dealkylation sites (N-methyl/N-ethyl adjacent to an activating group) is 1. The van der Waals surface area contributed by atoms with E-state index in [1.807, 2.05) is 7.11 Å². The number of methoxy groups -OCH3 is 1. The first-order valence-corrected chi connectivity index (χ1v) is 9.21. The molecule has 0 spiro atoms. The number of rotatable bonds is 5. The minimum atomic E-state index is 0.0766. The lowest BCUT2D eigenvalue weighted by Gasteiger charge is -2.50. The number of hydrogen-bond acceptors (Lipinski definition) is 2. The molecule has 0 aromatic heterocycles. The van der Waals surface area contributed by atoms with Gasteiger partial charge in [-0.1, -0.05) is 40.5 Å². The van der Waals surface area contributed by atoms with Gasteiger partial charge in [0.1, 0.15) is 0 Å². The molecule has 2 fully saturated rings. The van der Waals surface area contributed by atoms with Crippen LogP contribution >= 0.6 is 0 Å². The Kier molecular flexibility index (Phi) is 5.76. The van der Waals surface area contributed by atoms with Crippen LogP contribution in [0.25, 0.3) is 0 Å². The van der Waals surface area contributed by atoms with Crippen molar-refractivity contribution >= 4 is 0 Å². The van der Waals surface area contributed by atoms with Gasteiger partial charge in [0.2, 0.25) is 0 Å². The molecule has 2 aliphatic rings. The lowest BCUT2D eigenvalue weighted by atomic mass is 9.64. The summed E-state index contributed by atoms with van der Waals surface area (Å²) in [6, 6.07) is 0.548. The highest BCUT2D eigenvalue weighted by molar-refractivity contribution is 5.02. The molecular weight excluding hydrogens is 258 g/mol. The summed E-state index contributed by atoms with van der Waals surface area (Å²) in [4.78, 5) is 0. The van der Waals surface area contributed by atoms with Crippen LogP contribution in [0.5, 0.6) is 0 Å². The van der Waals surface area contributed by atoms with E-state index in [1.54, 1.807) is 0 Å². The zero-order valence-electron chi connectivity index (χ0n) is 15.0. The van der Waals surface area contributed by atoms with Crippen molar-refractivity contribution in [1.82, 2.24) is 5.32 Å². The summed E-state index contributed by atoms with van der Waals surface area (Å²) in [5.74, 6) is 1.69. The Balaban J connectivity index is 2.14. The van der Waals surface area contributed by atoms with E-state index in [9.17, 15) is 0 Å². The maximum atomic E-state index is 6.21. The molecule has 1 N–H and O–H groups in total. The predicted molar refractivity (Wildman–Crippen MR) is 90.6 cm³/mol. The van der Waals surface area contributed by atoms with Gasteiger partial charge < -0.3 is 10.1 Å². The molecule has 21 heavy (non-hydrogen) atoms. The van der Waals surface area contributed by atoms with Crippen molar-refractivity contribution < 1.29 is 4.74 Å². The number of hydrogen-bond donors (Lipinski definition) is 1. The fourth-order valence-corrected chi connectivity index (χ4v) is 4.78. The van der Waals surface area contributed by atoms with Gasteiger partial charge >= 0.3 is 0 Å². The van der Waals surface area contributed by atoms with Crippen LogP contribution in [0.4, 0.5) is 0 Å². The van der Waals surface area contributed by atoms with Crippen molar-refractivity contribution in [3.8, 4) is 0 Å². The standard InChI is InChI=1S/C19H37NO/c1-6-20-17(16-9-7-8-15(2)14-16)19(21-5)12-10-18(3,4)11-13-19/h15-17,20H,6-14H2,1-5H3. The van der Waals surface area contributed by atoms with E-state index < -0.39 is 0 Å². The van der Waals surface area contributed by atoms with Crippen molar-refractivity contribution in [2.75, 3.05) is 13.7 Å². The van der Waals surface area contributed by atoms with E-state index in [2.05, 4.69) is 33.0 Å². The third-order valence-corrected chi connectivity index (χ3v) is 6.30. The predicted octanol–water partition coefficient (Wildman–Crippen LogP) is 4.78. The molecule has 2 nitrogen and oxygen atoms in total. The lowest BCUT2D eigenvalue weighted by Crippen LogP contribution is -2.58. The van der Waals surface area contributed by atoms with Crippen molar-refractivity contribution in [1.29, 1.82) is 0 Å². The van der Waals surface area contributed by atoms with Gasteiger partial charge in [0.05, 0.1) is 5.60 Å². The van der Waals surface area contributed by atoms with Crippen LogP contribution < -0.4 is 5.32 Å². The van der Waals surface area contributed by atoms with E-state index in [0.29, 0.717) is 11.5 Å². The Morgan fingerprint density at radius 2 is 1.81 bits per heavy atom. The molecular formula is C19H37NO. The van der Waals surface area contributed by atoms with Crippen LogP contribution in [0.3, 0.4) is 0 Å². The molecule has 0 saturated heterocycles. The summed E-state index contributed by atoms with van der Waals surface area (Å²) >= 11 is 0. The molecule has 2 heteroatoms. The van der Waals surface area contributed by atoms with Crippen LogP contribution in [-0.4, -0.2) is 25.3 Å². The molecule has 0 amide bonds. The van der Waals surface area contributed by atoms with Crippen molar-refractivity contribution in [2.24, 2.45) is 17.3 Å². The Bertz CT molecular complexity index is 316. The second-order valence-electron chi connectivity index (χ2n) is 8.50. The van der Waals surface area contributed by atoms with Gasteiger partial charge in [-0.3, -0.25) is 0 Å². The van der Waals surface area contributed by atoms with Crippen LogP contribution in [0.2, 0.25) is 0 Å².